The van der Waals surface area contributed by atoms with E-state index in [2.05, 4.69) is 54.4 Å². The molecule has 1 N–H and O–H groups in total. The van der Waals surface area contributed by atoms with Gasteiger partial charge in [0.05, 0.1) is 7.11 Å². The number of methoxy groups -OCH3 is 2. The Morgan fingerprint density at radius 1 is 1.02 bits per heavy atom. The first kappa shape index (κ1) is 27.9. The number of nitrogens with one attached hydrogen (secondary N) is 1. The molecule has 0 aromatic heterocycles. The van der Waals surface area contributed by atoms with Crippen LogP contribution in [-0.2, 0) is 16.6 Å². The Morgan fingerprint density at radius 2 is 1.87 bits per heavy atom. The second-order valence-electron chi connectivity index (χ2n) is 14.9. The molecule has 1 saturated heterocycles. The van der Waals surface area contributed by atoms with E-state index in [4.69, 9.17) is 14.2 Å². The van der Waals surface area contributed by atoms with Crippen molar-refractivity contribution in [2.24, 2.45) is 11.3 Å². The fourth-order valence-corrected chi connectivity index (χ4v) is 10.9. The van der Waals surface area contributed by atoms with Crippen molar-refractivity contribution in [1.29, 1.82) is 0 Å². The largest absolute Gasteiger partial charge is 0.493 e. The van der Waals surface area contributed by atoms with Crippen molar-refractivity contribution in [3.8, 4) is 11.5 Å². The number of aryl methyl sites for hydroxylation is 2. The van der Waals surface area contributed by atoms with Gasteiger partial charge < -0.3 is 19.5 Å². The van der Waals surface area contributed by atoms with Crippen molar-refractivity contribution in [3.05, 3.63) is 88.0 Å². The third kappa shape index (κ3) is 3.56. The fraction of sp³-hybridized carbons (Fsp3) is 0.513. The Labute approximate surface area is 266 Å². The molecular weight excluding hydrogens is 560 g/mol. The minimum atomic E-state index is -0.523. The molecule has 0 radical (unpaired) electrons. The number of amides is 1. The van der Waals surface area contributed by atoms with Crippen LogP contribution in [0.4, 0.5) is 5.69 Å². The first-order valence-corrected chi connectivity index (χ1v) is 17.0. The van der Waals surface area contributed by atoms with Gasteiger partial charge in [-0.1, -0.05) is 30.3 Å². The van der Waals surface area contributed by atoms with Gasteiger partial charge in [-0.3, -0.25) is 9.69 Å². The van der Waals surface area contributed by atoms with E-state index in [0.717, 1.165) is 72.9 Å². The van der Waals surface area contributed by atoms with Crippen molar-refractivity contribution in [1.82, 2.24) is 4.90 Å². The number of fused-ring (bicyclic) bond motifs is 2. The summed E-state index contributed by atoms with van der Waals surface area (Å²) >= 11 is 0. The topological polar surface area (TPSA) is 60.0 Å². The van der Waals surface area contributed by atoms with Gasteiger partial charge in [0.1, 0.15) is 11.7 Å². The molecule has 2 aliphatic heterocycles. The molecule has 3 aromatic carbocycles. The van der Waals surface area contributed by atoms with E-state index in [1.807, 2.05) is 31.4 Å². The summed E-state index contributed by atoms with van der Waals surface area (Å²) in [5.74, 6) is 2.65. The SMILES string of the molecule is COc1ccc2c3c1O[C@H]1[C@@]4(OC)CC[C@@]5(C[C@@H]4c4ccccc4NC(=O)c4ccc(C)c(C)c4)[C@@H](C2)N(CC2CC2)CC[C@]315. The lowest BCUT2D eigenvalue weighted by Crippen LogP contribution is -2.80. The van der Waals surface area contributed by atoms with Crippen LogP contribution in [0.2, 0.25) is 0 Å². The average Bonchev–Trinajstić information content (AvgIpc) is 3.80. The summed E-state index contributed by atoms with van der Waals surface area (Å²) in [4.78, 5) is 16.5. The number of hydrogen-bond donors (Lipinski definition) is 1. The van der Waals surface area contributed by atoms with Crippen molar-refractivity contribution < 1.29 is 19.0 Å². The van der Waals surface area contributed by atoms with E-state index in [1.54, 1.807) is 7.11 Å². The first-order chi connectivity index (χ1) is 21.8. The van der Waals surface area contributed by atoms with E-state index in [1.165, 1.54) is 36.1 Å². The van der Waals surface area contributed by atoms with E-state index in [9.17, 15) is 4.79 Å². The monoisotopic (exact) mass is 604 g/mol. The second-order valence-corrected chi connectivity index (χ2v) is 14.9. The maximum absolute atomic E-state index is 13.7. The third-order valence-electron chi connectivity index (χ3n) is 13.2. The molecule has 6 heteroatoms. The molecule has 1 amide bonds. The van der Waals surface area contributed by atoms with Crippen LogP contribution in [0, 0.1) is 25.2 Å². The molecule has 2 heterocycles. The number of para-hydroxylation sites is 1. The number of anilines is 1. The van der Waals surface area contributed by atoms with Gasteiger partial charge in [0.15, 0.2) is 11.5 Å². The maximum Gasteiger partial charge on any atom is 0.255 e. The fourth-order valence-electron chi connectivity index (χ4n) is 10.9. The van der Waals surface area contributed by atoms with Crippen LogP contribution >= 0.6 is 0 Å². The van der Waals surface area contributed by atoms with E-state index >= 15 is 0 Å². The number of piperidine rings is 1. The molecule has 6 nitrogen and oxygen atoms in total. The summed E-state index contributed by atoms with van der Waals surface area (Å²) in [5, 5.41) is 3.34. The molecule has 4 bridgehead atoms. The maximum atomic E-state index is 13.7. The van der Waals surface area contributed by atoms with Gasteiger partial charge in [-0.25, -0.2) is 0 Å². The van der Waals surface area contributed by atoms with Crippen LogP contribution in [0.1, 0.15) is 82.6 Å². The molecule has 234 valence electrons. The molecule has 10 rings (SSSR count). The Morgan fingerprint density at radius 3 is 2.64 bits per heavy atom. The minimum absolute atomic E-state index is 0.0611. The molecule has 7 aliphatic rings. The summed E-state index contributed by atoms with van der Waals surface area (Å²) in [6.07, 6.45) is 7.89. The molecule has 45 heavy (non-hydrogen) atoms. The number of hydrogen-bond acceptors (Lipinski definition) is 5. The highest BCUT2D eigenvalue weighted by atomic mass is 16.6. The molecule has 3 aromatic rings. The lowest BCUT2D eigenvalue weighted by molar-refractivity contribution is -0.261. The zero-order valence-electron chi connectivity index (χ0n) is 26.9. The van der Waals surface area contributed by atoms with Gasteiger partial charge in [-0.15, -0.1) is 0 Å². The molecule has 6 atom stereocenters. The Balaban J connectivity index is 1.18. The molecular formula is C39H44N2O4. The quantitative estimate of drug-likeness (QED) is 0.316. The number of carbonyl (C=O) groups excluding carboxylic acids is 1. The molecule has 2 spiro atoms. The van der Waals surface area contributed by atoms with Crippen LogP contribution in [0.5, 0.6) is 11.5 Å². The Hall–Kier alpha value is -3.35. The smallest absolute Gasteiger partial charge is 0.255 e. The van der Waals surface area contributed by atoms with Crippen molar-refractivity contribution in [2.75, 3.05) is 32.6 Å². The van der Waals surface area contributed by atoms with E-state index < -0.39 is 5.60 Å². The number of rotatable bonds is 7. The van der Waals surface area contributed by atoms with Crippen LogP contribution in [-0.4, -0.2) is 55.9 Å². The minimum Gasteiger partial charge on any atom is -0.493 e. The van der Waals surface area contributed by atoms with Gasteiger partial charge in [-0.2, -0.15) is 0 Å². The highest BCUT2D eigenvalue weighted by Crippen LogP contribution is 2.78. The van der Waals surface area contributed by atoms with E-state index in [0.29, 0.717) is 11.6 Å². The molecule has 5 aliphatic carbocycles. The van der Waals surface area contributed by atoms with Gasteiger partial charge in [0.2, 0.25) is 0 Å². The van der Waals surface area contributed by atoms with Gasteiger partial charge in [0, 0.05) is 53.3 Å². The van der Waals surface area contributed by atoms with E-state index in [-0.39, 0.29) is 28.8 Å². The highest BCUT2D eigenvalue weighted by Gasteiger charge is 2.80. The zero-order valence-corrected chi connectivity index (χ0v) is 26.9. The van der Waals surface area contributed by atoms with Crippen LogP contribution < -0.4 is 14.8 Å². The number of carbonyl (C=O) groups is 1. The van der Waals surface area contributed by atoms with Crippen LogP contribution in [0.15, 0.2) is 54.6 Å². The van der Waals surface area contributed by atoms with Crippen molar-refractivity contribution >= 4 is 11.6 Å². The average molecular weight is 605 g/mol. The number of ether oxygens (including phenoxy) is 3. The number of nitrogens with zero attached hydrogens (tertiary/aromatic N) is 1. The third-order valence-corrected chi connectivity index (χ3v) is 13.2. The molecule has 4 saturated carbocycles. The number of likely N-dealkylation sites (tertiary alicyclic amines) is 1. The van der Waals surface area contributed by atoms with Gasteiger partial charge in [0.25, 0.3) is 5.91 Å². The predicted molar refractivity (Wildman–Crippen MR) is 175 cm³/mol. The molecule has 0 unspecified atom stereocenters. The summed E-state index contributed by atoms with van der Waals surface area (Å²) < 4.78 is 20.0. The standard InChI is InChI=1S/C39H44N2O4/c1-23-9-12-27(19-24(23)2)35(42)40-30-8-6-5-7-28(30)29-21-37-15-16-39(29,44-4)36-38(37)17-18-41(22-25-10-11-25)32(37)20-26-13-14-31(43-3)34(45-36)33(26)38/h5-9,12-14,19,25,29,32,36H,10-11,15-18,20-22H2,1-4H3,(H,40,42)/t29-,32-,36-,37-,38+,39-/m1/s1. The normalized spacial score (nSPS) is 33.8. The van der Waals surface area contributed by atoms with Gasteiger partial charge in [-0.05, 0) is 118 Å². The van der Waals surface area contributed by atoms with Crippen LogP contribution in [0.3, 0.4) is 0 Å². The first-order valence-electron chi connectivity index (χ1n) is 17.0. The van der Waals surface area contributed by atoms with Gasteiger partial charge >= 0.3 is 0 Å². The summed E-state index contributed by atoms with van der Waals surface area (Å²) in [6.45, 7) is 6.47. The zero-order chi connectivity index (χ0) is 30.7. The molecule has 5 fully saturated rings. The summed E-state index contributed by atoms with van der Waals surface area (Å²) in [6, 6.07) is 19.3. The summed E-state index contributed by atoms with van der Waals surface area (Å²) in [7, 11) is 3.66. The highest BCUT2D eigenvalue weighted by molar-refractivity contribution is 6.05. The van der Waals surface area contributed by atoms with Crippen LogP contribution in [0.25, 0.3) is 0 Å². The van der Waals surface area contributed by atoms with Crippen molar-refractivity contribution in [2.45, 2.75) is 87.9 Å². The second kappa shape index (κ2) is 9.59. The lowest BCUT2D eigenvalue weighted by atomic mass is 9.34. The lowest BCUT2D eigenvalue weighted by Gasteiger charge is -2.74. The van der Waals surface area contributed by atoms with Crippen molar-refractivity contribution in [3.63, 3.8) is 0 Å². The Kier molecular flexibility index (Phi) is 5.95. The number of benzene rings is 3. The summed E-state index contributed by atoms with van der Waals surface area (Å²) in [5.41, 5.74) is 7.34. The predicted octanol–water partition coefficient (Wildman–Crippen LogP) is 6.96. The Bertz CT molecular complexity index is 1730.